The number of nitrogens with zero attached hydrogens (tertiary/aromatic N) is 2. The Bertz CT molecular complexity index is 822. The summed E-state index contributed by atoms with van der Waals surface area (Å²) in [6.07, 6.45) is 4.63. The summed E-state index contributed by atoms with van der Waals surface area (Å²) < 4.78 is 7.27. The van der Waals surface area contributed by atoms with Crippen LogP contribution in [0.15, 0.2) is 24.3 Å². The lowest BCUT2D eigenvalue weighted by molar-refractivity contribution is -0.905. The van der Waals surface area contributed by atoms with E-state index in [9.17, 15) is 4.79 Å². The van der Waals surface area contributed by atoms with Gasteiger partial charge in [0.2, 0.25) is 5.91 Å². The van der Waals surface area contributed by atoms with Crippen molar-refractivity contribution in [3.05, 3.63) is 41.2 Å². The van der Waals surface area contributed by atoms with Crippen molar-refractivity contribution in [1.82, 2.24) is 15.1 Å². The van der Waals surface area contributed by atoms with E-state index in [0.717, 1.165) is 41.2 Å². The van der Waals surface area contributed by atoms with Crippen molar-refractivity contribution in [2.45, 2.75) is 58.9 Å². The standard InChI is InChI=1S/C23H34N4O2/c1-5-13-26-14-11-19(12-15-26)24-23(28)10-9-22-17(2)25-27(18(22)3)20-7-6-8-21(16-20)29-4/h6-8,16,19H,5,9-15H2,1-4H3,(H,24,28)/p+1. The number of quaternary nitrogens is 1. The van der Waals surface area contributed by atoms with Gasteiger partial charge in [-0.3, -0.25) is 4.79 Å². The topological polar surface area (TPSA) is 60.6 Å². The lowest BCUT2D eigenvalue weighted by atomic mass is 10.0. The molecule has 1 saturated heterocycles. The van der Waals surface area contributed by atoms with Crippen molar-refractivity contribution < 1.29 is 14.4 Å². The minimum Gasteiger partial charge on any atom is -0.497 e. The van der Waals surface area contributed by atoms with E-state index >= 15 is 0 Å². The number of carbonyl (C=O) groups is 1. The number of ether oxygens (including phenoxy) is 1. The summed E-state index contributed by atoms with van der Waals surface area (Å²) in [6, 6.07) is 8.22. The monoisotopic (exact) mass is 399 g/mol. The number of carbonyl (C=O) groups excluding carboxylic acids is 1. The second kappa shape index (κ2) is 9.92. The van der Waals surface area contributed by atoms with E-state index in [2.05, 4.69) is 19.2 Å². The highest BCUT2D eigenvalue weighted by molar-refractivity contribution is 5.76. The fourth-order valence-electron chi connectivity index (χ4n) is 4.34. The molecule has 0 aliphatic carbocycles. The van der Waals surface area contributed by atoms with Gasteiger partial charge in [-0.1, -0.05) is 13.0 Å². The van der Waals surface area contributed by atoms with Crippen molar-refractivity contribution in [2.24, 2.45) is 0 Å². The maximum Gasteiger partial charge on any atom is 0.220 e. The molecular formula is C23H35N4O2+. The van der Waals surface area contributed by atoms with E-state index in [1.165, 1.54) is 26.1 Å². The third-order valence-corrected chi connectivity index (χ3v) is 6.00. The van der Waals surface area contributed by atoms with Crippen LogP contribution in [0.4, 0.5) is 0 Å². The Labute approximate surface area is 174 Å². The van der Waals surface area contributed by atoms with E-state index in [-0.39, 0.29) is 5.91 Å². The number of aryl methyl sites for hydroxylation is 1. The molecule has 0 saturated carbocycles. The Hall–Kier alpha value is -2.34. The SMILES string of the molecule is CCC[NH+]1CCC(NC(=O)CCc2c(C)nn(-c3cccc(OC)c3)c2C)CC1. The highest BCUT2D eigenvalue weighted by Gasteiger charge is 2.23. The number of methoxy groups -OCH3 is 1. The van der Waals surface area contributed by atoms with Crippen LogP contribution in [0.2, 0.25) is 0 Å². The van der Waals surface area contributed by atoms with Gasteiger partial charge in [-0.15, -0.1) is 0 Å². The Morgan fingerprint density at radius 2 is 2.07 bits per heavy atom. The van der Waals surface area contributed by atoms with Crippen molar-refractivity contribution in [3.63, 3.8) is 0 Å². The molecule has 1 aromatic carbocycles. The summed E-state index contributed by atoms with van der Waals surface area (Å²) in [5.41, 5.74) is 4.20. The molecule has 3 rings (SSSR count). The summed E-state index contributed by atoms with van der Waals surface area (Å²) in [7, 11) is 1.67. The molecule has 1 amide bonds. The number of hydrogen-bond acceptors (Lipinski definition) is 3. The number of nitrogens with one attached hydrogen (secondary N) is 2. The van der Waals surface area contributed by atoms with Gasteiger partial charge in [0.15, 0.2) is 0 Å². The Morgan fingerprint density at radius 3 is 2.76 bits per heavy atom. The smallest absolute Gasteiger partial charge is 0.220 e. The molecule has 6 heteroatoms. The maximum absolute atomic E-state index is 12.5. The van der Waals surface area contributed by atoms with E-state index in [1.54, 1.807) is 12.0 Å². The second-order valence-electron chi connectivity index (χ2n) is 8.10. The molecule has 0 radical (unpaired) electrons. The molecule has 2 aromatic rings. The molecule has 1 fully saturated rings. The average Bonchev–Trinajstić information content (AvgIpc) is 3.01. The second-order valence-corrected chi connectivity index (χ2v) is 8.10. The van der Waals surface area contributed by atoms with Crippen LogP contribution in [-0.2, 0) is 11.2 Å². The number of piperidine rings is 1. The molecule has 1 aliphatic heterocycles. The van der Waals surface area contributed by atoms with E-state index < -0.39 is 0 Å². The van der Waals surface area contributed by atoms with E-state index in [4.69, 9.17) is 9.84 Å². The van der Waals surface area contributed by atoms with Crippen molar-refractivity contribution >= 4 is 5.91 Å². The molecule has 2 heterocycles. The molecule has 0 spiro atoms. The predicted octanol–water partition coefficient (Wildman–Crippen LogP) is 2.00. The van der Waals surface area contributed by atoms with Gasteiger partial charge in [-0.25, -0.2) is 4.68 Å². The molecule has 0 atom stereocenters. The molecule has 1 aliphatic rings. The summed E-state index contributed by atoms with van der Waals surface area (Å²) in [5, 5.41) is 7.95. The van der Waals surface area contributed by atoms with Gasteiger partial charge in [-0.2, -0.15) is 5.10 Å². The highest BCUT2D eigenvalue weighted by Crippen LogP contribution is 2.22. The number of aromatic nitrogens is 2. The number of benzene rings is 1. The van der Waals surface area contributed by atoms with E-state index in [1.807, 2.05) is 35.9 Å². The molecule has 0 unspecified atom stereocenters. The third-order valence-electron chi connectivity index (χ3n) is 6.00. The number of amides is 1. The average molecular weight is 400 g/mol. The van der Waals surface area contributed by atoms with Crippen LogP contribution < -0.4 is 15.0 Å². The Kier molecular flexibility index (Phi) is 7.31. The van der Waals surface area contributed by atoms with Crippen molar-refractivity contribution in [1.29, 1.82) is 0 Å². The molecule has 2 N–H and O–H groups in total. The zero-order valence-corrected chi connectivity index (χ0v) is 18.3. The first kappa shape index (κ1) is 21.4. The van der Waals surface area contributed by atoms with Crippen LogP contribution in [0.1, 0.15) is 49.6 Å². The first-order chi connectivity index (χ1) is 14.0. The number of rotatable bonds is 8. The fraction of sp³-hybridized carbons (Fsp3) is 0.565. The molecule has 6 nitrogen and oxygen atoms in total. The summed E-state index contributed by atoms with van der Waals surface area (Å²) in [4.78, 5) is 14.2. The first-order valence-electron chi connectivity index (χ1n) is 10.8. The normalized spacial score (nSPS) is 19.2. The summed E-state index contributed by atoms with van der Waals surface area (Å²) >= 11 is 0. The van der Waals surface area contributed by atoms with Crippen molar-refractivity contribution in [3.8, 4) is 11.4 Å². The Balaban J connectivity index is 1.57. The lowest BCUT2D eigenvalue weighted by Gasteiger charge is -2.29. The van der Waals surface area contributed by atoms with Crippen LogP contribution in [0.3, 0.4) is 0 Å². The quantitative estimate of drug-likeness (QED) is 0.714. The molecule has 1 aromatic heterocycles. The third kappa shape index (κ3) is 5.38. The zero-order valence-electron chi connectivity index (χ0n) is 18.3. The maximum atomic E-state index is 12.5. The summed E-state index contributed by atoms with van der Waals surface area (Å²) in [6.45, 7) is 9.91. The van der Waals surface area contributed by atoms with Gasteiger partial charge in [0.05, 0.1) is 38.1 Å². The first-order valence-corrected chi connectivity index (χ1v) is 10.8. The molecule has 0 bridgehead atoms. The fourth-order valence-corrected chi connectivity index (χ4v) is 4.34. The Morgan fingerprint density at radius 1 is 1.31 bits per heavy atom. The minimum atomic E-state index is 0.155. The van der Waals surface area contributed by atoms with Gasteiger partial charge in [0, 0.05) is 37.1 Å². The van der Waals surface area contributed by atoms with Gasteiger partial charge in [-0.05, 0) is 44.4 Å². The van der Waals surface area contributed by atoms with Crippen LogP contribution >= 0.6 is 0 Å². The van der Waals surface area contributed by atoms with Gasteiger partial charge in [0.25, 0.3) is 0 Å². The van der Waals surface area contributed by atoms with Crippen LogP contribution in [0, 0.1) is 13.8 Å². The van der Waals surface area contributed by atoms with Gasteiger partial charge < -0.3 is 15.0 Å². The van der Waals surface area contributed by atoms with Gasteiger partial charge >= 0.3 is 0 Å². The molecule has 29 heavy (non-hydrogen) atoms. The predicted molar refractivity (Wildman–Crippen MR) is 115 cm³/mol. The van der Waals surface area contributed by atoms with Crippen LogP contribution in [0.25, 0.3) is 5.69 Å². The van der Waals surface area contributed by atoms with Crippen LogP contribution in [-0.4, -0.2) is 48.5 Å². The molecular weight excluding hydrogens is 364 g/mol. The van der Waals surface area contributed by atoms with Crippen molar-refractivity contribution in [2.75, 3.05) is 26.7 Å². The number of hydrogen-bond donors (Lipinski definition) is 2. The largest absolute Gasteiger partial charge is 0.497 e. The zero-order chi connectivity index (χ0) is 20.8. The summed E-state index contributed by atoms with van der Waals surface area (Å²) in [5.74, 6) is 0.963. The van der Waals surface area contributed by atoms with E-state index in [0.29, 0.717) is 18.9 Å². The molecule has 158 valence electrons. The van der Waals surface area contributed by atoms with Crippen LogP contribution in [0.5, 0.6) is 5.75 Å². The minimum absolute atomic E-state index is 0.155. The lowest BCUT2D eigenvalue weighted by Crippen LogP contribution is -3.13. The number of likely N-dealkylation sites (tertiary alicyclic amines) is 1. The highest BCUT2D eigenvalue weighted by atomic mass is 16.5. The van der Waals surface area contributed by atoms with Gasteiger partial charge in [0.1, 0.15) is 5.75 Å².